The quantitative estimate of drug-likeness (QED) is 0.670. The number of rotatable bonds is 0. The zero-order chi connectivity index (χ0) is 12.8. The third kappa shape index (κ3) is 7.31. The van der Waals surface area contributed by atoms with Gasteiger partial charge in [0.25, 0.3) is 0 Å². The van der Waals surface area contributed by atoms with Gasteiger partial charge in [-0.3, -0.25) is 0 Å². The molecule has 0 aromatic carbocycles. The van der Waals surface area contributed by atoms with E-state index in [9.17, 15) is 16.8 Å². The molecule has 2 fully saturated rings. The highest BCUT2D eigenvalue weighted by Crippen LogP contribution is 2.15. The van der Waals surface area contributed by atoms with Crippen LogP contribution in [-0.2, 0) is 19.7 Å². The second-order valence-electron chi connectivity index (χ2n) is 4.33. The van der Waals surface area contributed by atoms with Crippen LogP contribution in [0.25, 0.3) is 0 Å². The van der Waals surface area contributed by atoms with Crippen LogP contribution in [0.4, 0.5) is 0 Å². The third-order valence-corrected chi connectivity index (χ3v) is 7.71. The average Bonchev–Trinajstić information content (AvgIpc) is 2.56. The van der Waals surface area contributed by atoms with Crippen molar-refractivity contribution in [2.24, 2.45) is 0 Å². The molecular formula is C10H20O4S3. The topological polar surface area (TPSA) is 68.3 Å². The van der Waals surface area contributed by atoms with E-state index in [2.05, 4.69) is 11.8 Å². The number of hydrogen-bond acceptors (Lipinski definition) is 5. The van der Waals surface area contributed by atoms with Crippen LogP contribution in [0.15, 0.2) is 0 Å². The summed E-state index contributed by atoms with van der Waals surface area (Å²) < 4.78 is 42.7. The molecule has 0 N–H and O–H groups in total. The van der Waals surface area contributed by atoms with Crippen LogP contribution in [0.3, 0.4) is 0 Å². The number of hydrogen-bond donors (Lipinski definition) is 0. The zero-order valence-corrected chi connectivity index (χ0v) is 12.4. The van der Waals surface area contributed by atoms with Crippen molar-refractivity contribution < 1.29 is 16.8 Å². The van der Waals surface area contributed by atoms with E-state index in [-0.39, 0.29) is 23.0 Å². The van der Waals surface area contributed by atoms with Gasteiger partial charge in [-0.2, -0.15) is 11.8 Å². The second-order valence-corrected chi connectivity index (χ2v) is 10.2. The Bertz CT molecular complexity index is 337. The maximum Gasteiger partial charge on any atom is 0.152 e. The van der Waals surface area contributed by atoms with Crippen LogP contribution in [-0.4, -0.2) is 51.4 Å². The lowest BCUT2D eigenvalue weighted by Crippen LogP contribution is -2.31. The van der Waals surface area contributed by atoms with Gasteiger partial charge in [0.15, 0.2) is 19.7 Å². The van der Waals surface area contributed by atoms with Crippen LogP contribution < -0.4 is 0 Å². The van der Waals surface area contributed by atoms with Gasteiger partial charge in [0.05, 0.1) is 23.0 Å². The van der Waals surface area contributed by atoms with Crippen LogP contribution in [0.2, 0.25) is 0 Å². The molecule has 0 aromatic rings. The fourth-order valence-electron chi connectivity index (χ4n) is 1.58. The largest absolute Gasteiger partial charge is 0.229 e. The zero-order valence-electron chi connectivity index (χ0n) is 9.93. The molecule has 0 amide bonds. The van der Waals surface area contributed by atoms with Gasteiger partial charge in [0, 0.05) is 0 Å². The molecule has 17 heavy (non-hydrogen) atoms. The van der Waals surface area contributed by atoms with E-state index in [1.54, 1.807) is 0 Å². The van der Waals surface area contributed by atoms with E-state index >= 15 is 0 Å². The second kappa shape index (κ2) is 6.99. The fourth-order valence-corrected chi connectivity index (χ4v) is 7.07. The van der Waals surface area contributed by atoms with E-state index in [1.807, 2.05) is 0 Å². The van der Waals surface area contributed by atoms with Crippen molar-refractivity contribution in [3.8, 4) is 0 Å². The molecule has 0 spiro atoms. The minimum atomic E-state index is -3.03. The lowest BCUT2D eigenvalue weighted by Gasteiger charge is -2.10. The molecule has 0 bridgehead atoms. The molecule has 0 unspecified atom stereocenters. The van der Waals surface area contributed by atoms with Crippen molar-refractivity contribution in [2.45, 2.75) is 25.7 Å². The van der Waals surface area contributed by atoms with Gasteiger partial charge < -0.3 is 0 Å². The summed E-state index contributed by atoms with van der Waals surface area (Å²) in [5.41, 5.74) is 0. The SMILES string of the molecule is C1CCCSCC1.O=S1(=O)CCS(=O)(=O)CC1. The maximum atomic E-state index is 10.7. The number of sulfone groups is 2. The van der Waals surface area contributed by atoms with Crippen LogP contribution >= 0.6 is 11.8 Å². The molecule has 4 nitrogen and oxygen atoms in total. The van der Waals surface area contributed by atoms with Crippen LogP contribution in [0.5, 0.6) is 0 Å². The van der Waals surface area contributed by atoms with E-state index < -0.39 is 19.7 Å². The molecule has 2 aliphatic rings. The molecular weight excluding hydrogens is 280 g/mol. The molecule has 0 atom stereocenters. The average molecular weight is 300 g/mol. The first kappa shape index (κ1) is 15.3. The summed E-state index contributed by atoms with van der Waals surface area (Å²) in [5, 5.41) is 0. The van der Waals surface area contributed by atoms with E-state index in [0.29, 0.717) is 0 Å². The van der Waals surface area contributed by atoms with Gasteiger partial charge in [-0.05, 0) is 24.3 Å². The summed E-state index contributed by atoms with van der Waals surface area (Å²) in [5.74, 6) is 2.04. The van der Waals surface area contributed by atoms with Crippen molar-refractivity contribution in [1.82, 2.24) is 0 Å². The predicted molar refractivity (Wildman–Crippen MR) is 73.1 cm³/mol. The lowest BCUT2D eigenvalue weighted by atomic mass is 10.2. The highest BCUT2D eigenvalue weighted by atomic mass is 32.2. The molecule has 7 heteroatoms. The number of thioether (sulfide) groups is 1. The Kier molecular flexibility index (Phi) is 6.30. The van der Waals surface area contributed by atoms with Crippen LogP contribution in [0, 0.1) is 0 Å². The summed E-state index contributed by atoms with van der Waals surface area (Å²) in [4.78, 5) is 0. The molecule has 0 aliphatic carbocycles. The standard InChI is InChI=1S/C6H12S.C4H8O4S2/c1-2-4-6-7-5-3-1;5-9(6)1-2-10(7,8)4-3-9/h1-6H2;1-4H2. The third-order valence-electron chi connectivity index (χ3n) is 2.74. The summed E-state index contributed by atoms with van der Waals surface area (Å²) in [6.45, 7) is 0. The predicted octanol–water partition coefficient (Wildman–Crippen LogP) is 1.12. The molecule has 2 saturated heterocycles. The molecule has 2 heterocycles. The van der Waals surface area contributed by atoms with Crippen molar-refractivity contribution in [1.29, 1.82) is 0 Å². The molecule has 2 aliphatic heterocycles. The maximum absolute atomic E-state index is 10.7. The molecule has 0 saturated carbocycles. The summed E-state index contributed by atoms with van der Waals surface area (Å²) in [7, 11) is -6.07. The highest BCUT2D eigenvalue weighted by molar-refractivity contribution is 7.99. The van der Waals surface area contributed by atoms with Gasteiger partial charge in [0.1, 0.15) is 0 Å². The normalized spacial score (nSPS) is 27.3. The Hall–Kier alpha value is 0.250. The summed E-state index contributed by atoms with van der Waals surface area (Å²) >= 11 is 2.12. The first-order chi connectivity index (χ1) is 7.91. The van der Waals surface area contributed by atoms with E-state index in [0.717, 1.165) is 0 Å². The van der Waals surface area contributed by atoms with Crippen molar-refractivity contribution >= 4 is 31.4 Å². The minimum Gasteiger partial charge on any atom is -0.229 e. The Morgan fingerprint density at radius 3 is 1.29 bits per heavy atom. The fraction of sp³-hybridized carbons (Fsp3) is 1.00. The van der Waals surface area contributed by atoms with E-state index in [1.165, 1.54) is 37.2 Å². The first-order valence-corrected chi connectivity index (χ1v) is 10.7. The Labute approximate surface area is 108 Å². The monoisotopic (exact) mass is 300 g/mol. The molecule has 0 aromatic heterocycles. The Morgan fingerprint density at radius 2 is 0.941 bits per heavy atom. The van der Waals surface area contributed by atoms with E-state index in [4.69, 9.17) is 0 Å². The highest BCUT2D eigenvalue weighted by Gasteiger charge is 2.25. The van der Waals surface area contributed by atoms with Gasteiger partial charge in [0.2, 0.25) is 0 Å². The van der Waals surface area contributed by atoms with Crippen molar-refractivity contribution in [3.63, 3.8) is 0 Å². The molecule has 2 rings (SSSR count). The molecule has 0 radical (unpaired) electrons. The lowest BCUT2D eigenvalue weighted by molar-refractivity contribution is 0.580. The summed E-state index contributed by atoms with van der Waals surface area (Å²) in [6.07, 6.45) is 5.88. The minimum absolute atomic E-state index is 0.199. The van der Waals surface area contributed by atoms with Crippen molar-refractivity contribution in [2.75, 3.05) is 34.5 Å². The Balaban J connectivity index is 0.000000181. The van der Waals surface area contributed by atoms with Gasteiger partial charge in [-0.1, -0.05) is 12.8 Å². The van der Waals surface area contributed by atoms with Gasteiger partial charge in [-0.15, -0.1) is 0 Å². The van der Waals surface area contributed by atoms with Crippen molar-refractivity contribution in [3.05, 3.63) is 0 Å². The van der Waals surface area contributed by atoms with Gasteiger partial charge in [-0.25, -0.2) is 16.8 Å². The van der Waals surface area contributed by atoms with Gasteiger partial charge >= 0.3 is 0 Å². The molecule has 102 valence electrons. The van der Waals surface area contributed by atoms with Crippen LogP contribution in [0.1, 0.15) is 25.7 Å². The Morgan fingerprint density at radius 1 is 0.588 bits per heavy atom. The first-order valence-electron chi connectivity index (χ1n) is 5.90. The smallest absolute Gasteiger partial charge is 0.152 e. The summed E-state index contributed by atoms with van der Waals surface area (Å²) in [6, 6.07) is 0.